The van der Waals surface area contributed by atoms with Gasteiger partial charge in [-0.2, -0.15) is 0 Å². The minimum atomic E-state index is -0.518. The zero-order valence-electron chi connectivity index (χ0n) is 17.3. The normalized spacial score (nSPS) is 18.1. The number of hydrogen-bond acceptors (Lipinski definition) is 7. The molecule has 1 N–H and O–H groups in total. The van der Waals surface area contributed by atoms with Crippen molar-refractivity contribution in [2.24, 2.45) is 11.8 Å². The van der Waals surface area contributed by atoms with Crippen molar-refractivity contribution in [3.8, 4) is 11.6 Å². The molecule has 1 aromatic heterocycles. The molecular formula is C22H25N3O6. The smallest absolute Gasteiger partial charge is 0.308 e. The first-order chi connectivity index (χ1) is 15.0. The SMILES string of the molecule is CCOC(=O)C1CCC(CNC(=O)c2cccnc2Oc2cccc([N+](=O)[O-])c2)CC1. The molecule has 0 saturated heterocycles. The summed E-state index contributed by atoms with van der Waals surface area (Å²) >= 11 is 0. The van der Waals surface area contributed by atoms with Crippen LogP contribution in [0.3, 0.4) is 0 Å². The van der Waals surface area contributed by atoms with Crippen LogP contribution in [-0.4, -0.2) is 34.9 Å². The van der Waals surface area contributed by atoms with E-state index >= 15 is 0 Å². The number of ether oxygens (including phenoxy) is 2. The van der Waals surface area contributed by atoms with Crippen molar-refractivity contribution in [3.63, 3.8) is 0 Å². The van der Waals surface area contributed by atoms with Crippen LogP contribution in [-0.2, 0) is 9.53 Å². The molecule has 0 atom stereocenters. The van der Waals surface area contributed by atoms with Crippen molar-refractivity contribution in [2.75, 3.05) is 13.2 Å². The van der Waals surface area contributed by atoms with Gasteiger partial charge < -0.3 is 14.8 Å². The van der Waals surface area contributed by atoms with Crippen molar-refractivity contribution in [1.29, 1.82) is 0 Å². The lowest BCUT2D eigenvalue weighted by Gasteiger charge is -2.27. The van der Waals surface area contributed by atoms with Crippen LogP contribution in [0.5, 0.6) is 11.6 Å². The molecule has 1 aromatic carbocycles. The molecule has 1 fully saturated rings. The number of nitrogens with one attached hydrogen (secondary N) is 1. The van der Waals surface area contributed by atoms with Gasteiger partial charge in [-0.3, -0.25) is 19.7 Å². The number of nitro groups is 1. The summed E-state index contributed by atoms with van der Waals surface area (Å²) in [4.78, 5) is 39.1. The third kappa shape index (κ3) is 6.00. The highest BCUT2D eigenvalue weighted by Crippen LogP contribution is 2.30. The number of pyridine rings is 1. The highest BCUT2D eigenvalue weighted by Gasteiger charge is 2.27. The van der Waals surface area contributed by atoms with Crippen LogP contribution in [0.4, 0.5) is 5.69 Å². The second-order valence-electron chi connectivity index (χ2n) is 7.39. The van der Waals surface area contributed by atoms with E-state index < -0.39 is 4.92 Å². The summed E-state index contributed by atoms with van der Waals surface area (Å²) in [6.45, 7) is 2.68. The van der Waals surface area contributed by atoms with E-state index in [1.165, 1.54) is 24.4 Å². The highest BCUT2D eigenvalue weighted by molar-refractivity contribution is 5.96. The molecule has 0 bridgehead atoms. The Balaban J connectivity index is 1.58. The zero-order chi connectivity index (χ0) is 22.2. The average molecular weight is 427 g/mol. The van der Waals surface area contributed by atoms with Gasteiger partial charge in [-0.1, -0.05) is 6.07 Å². The van der Waals surface area contributed by atoms with E-state index in [2.05, 4.69) is 10.3 Å². The lowest BCUT2D eigenvalue weighted by Crippen LogP contribution is -2.33. The molecule has 1 amide bonds. The van der Waals surface area contributed by atoms with E-state index in [-0.39, 0.29) is 46.6 Å². The van der Waals surface area contributed by atoms with Gasteiger partial charge in [0.15, 0.2) is 0 Å². The van der Waals surface area contributed by atoms with Gasteiger partial charge in [0, 0.05) is 18.8 Å². The Morgan fingerprint density at radius 1 is 1.19 bits per heavy atom. The number of carbonyl (C=O) groups excluding carboxylic acids is 2. The van der Waals surface area contributed by atoms with Crippen molar-refractivity contribution in [3.05, 3.63) is 58.3 Å². The van der Waals surface area contributed by atoms with Crippen molar-refractivity contribution >= 4 is 17.6 Å². The van der Waals surface area contributed by atoms with Crippen LogP contribution in [0.1, 0.15) is 43.0 Å². The van der Waals surface area contributed by atoms with Gasteiger partial charge in [0.2, 0.25) is 5.88 Å². The third-order valence-corrected chi connectivity index (χ3v) is 5.28. The van der Waals surface area contributed by atoms with E-state index in [1.54, 1.807) is 25.1 Å². The van der Waals surface area contributed by atoms with Gasteiger partial charge >= 0.3 is 5.97 Å². The van der Waals surface area contributed by atoms with Gasteiger partial charge in [0.25, 0.3) is 11.6 Å². The number of carbonyl (C=O) groups is 2. The summed E-state index contributed by atoms with van der Waals surface area (Å²) in [5.74, 6) is 0.0580. The van der Waals surface area contributed by atoms with E-state index in [4.69, 9.17) is 9.47 Å². The van der Waals surface area contributed by atoms with Crippen LogP contribution in [0.15, 0.2) is 42.6 Å². The molecule has 0 unspecified atom stereocenters. The van der Waals surface area contributed by atoms with Gasteiger partial charge in [-0.05, 0) is 56.7 Å². The first kappa shape index (κ1) is 22.2. The van der Waals surface area contributed by atoms with E-state index in [0.717, 1.165) is 25.7 Å². The summed E-state index contributed by atoms with van der Waals surface area (Å²) in [7, 11) is 0. The monoisotopic (exact) mass is 427 g/mol. The quantitative estimate of drug-likeness (QED) is 0.385. The van der Waals surface area contributed by atoms with Crippen molar-refractivity contribution in [1.82, 2.24) is 10.3 Å². The number of nitrogens with zero attached hydrogens (tertiary/aromatic N) is 2. The predicted molar refractivity (Wildman–Crippen MR) is 112 cm³/mol. The standard InChI is InChI=1S/C22H25N3O6/c1-2-30-22(27)16-10-8-15(9-11-16)14-24-20(26)19-7-4-12-23-21(19)31-18-6-3-5-17(13-18)25(28)29/h3-7,12-13,15-16H,2,8-11,14H2,1H3,(H,24,26). The molecular weight excluding hydrogens is 402 g/mol. The minimum Gasteiger partial charge on any atom is -0.466 e. The molecule has 1 saturated carbocycles. The molecule has 1 aliphatic carbocycles. The topological polar surface area (TPSA) is 121 Å². The Morgan fingerprint density at radius 3 is 2.68 bits per heavy atom. The predicted octanol–water partition coefficient (Wildman–Crippen LogP) is 3.88. The molecule has 0 radical (unpaired) electrons. The largest absolute Gasteiger partial charge is 0.466 e. The number of esters is 1. The fourth-order valence-corrected chi connectivity index (χ4v) is 3.61. The van der Waals surface area contributed by atoms with Gasteiger partial charge in [-0.15, -0.1) is 0 Å². The maximum atomic E-state index is 12.7. The Bertz CT molecular complexity index is 940. The number of rotatable bonds is 8. The number of hydrogen-bond donors (Lipinski definition) is 1. The first-order valence-electron chi connectivity index (χ1n) is 10.3. The molecule has 31 heavy (non-hydrogen) atoms. The Labute approximate surface area is 179 Å². The second kappa shape index (κ2) is 10.5. The molecule has 1 aliphatic rings. The molecule has 0 aliphatic heterocycles. The lowest BCUT2D eigenvalue weighted by atomic mass is 9.82. The van der Waals surface area contributed by atoms with Crippen LogP contribution >= 0.6 is 0 Å². The number of aromatic nitrogens is 1. The average Bonchev–Trinajstić information content (AvgIpc) is 2.78. The van der Waals surface area contributed by atoms with Crippen molar-refractivity contribution < 1.29 is 24.0 Å². The third-order valence-electron chi connectivity index (χ3n) is 5.28. The summed E-state index contributed by atoms with van der Waals surface area (Å²) in [6.07, 6.45) is 4.68. The minimum absolute atomic E-state index is 0.0554. The summed E-state index contributed by atoms with van der Waals surface area (Å²) in [5.41, 5.74) is 0.132. The zero-order valence-corrected chi connectivity index (χ0v) is 17.3. The Kier molecular flexibility index (Phi) is 7.53. The highest BCUT2D eigenvalue weighted by atomic mass is 16.6. The fourth-order valence-electron chi connectivity index (χ4n) is 3.61. The lowest BCUT2D eigenvalue weighted by molar-refractivity contribution is -0.384. The van der Waals surface area contributed by atoms with E-state index in [0.29, 0.717) is 13.2 Å². The molecule has 9 heteroatoms. The number of non-ortho nitro benzene ring substituents is 1. The summed E-state index contributed by atoms with van der Waals surface area (Å²) in [5, 5.41) is 13.9. The van der Waals surface area contributed by atoms with Crippen LogP contribution in [0.2, 0.25) is 0 Å². The second-order valence-corrected chi connectivity index (χ2v) is 7.39. The number of amides is 1. The maximum Gasteiger partial charge on any atom is 0.308 e. The molecule has 2 aromatic rings. The number of benzene rings is 1. The van der Waals surface area contributed by atoms with Crippen LogP contribution < -0.4 is 10.1 Å². The molecule has 3 rings (SSSR count). The van der Waals surface area contributed by atoms with Gasteiger partial charge in [-0.25, -0.2) is 4.98 Å². The van der Waals surface area contributed by atoms with Gasteiger partial charge in [0.05, 0.1) is 23.5 Å². The Morgan fingerprint density at radius 2 is 1.97 bits per heavy atom. The molecule has 164 valence electrons. The molecule has 9 nitrogen and oxygen atoms in total. The summed E-state index contributed by atoms with van der Waals surface area (Å²) in [6, 6.07) is 8.91. The van der Waals surface area contributed by atoms with Gasteiger partial charge in [0.1, 0.15) is 11.3 Å². The van der Waals surface area contributed by atoms with Crippen molar-refractivity contribution in [2.45, 2.75) is 32.6 Å². The van der Waals surface area contributed by atoms with Crippen LogP contribution in [0.25, 0.3) is 0 Å². The molecule has 0 spiro atoms. The maximum absolute atomic E-state index is 12.7. The Hall–Kier alpha value is -3.49. The van der Waals surface area contributed by atoms with E-state index in [1.807, 2.05) is 0 Å². The van der Waals surface area contributed by atoms with Crippen LogP contribution in [0, 0.1) is 22.0 Å². The summed E-state index contributed by atoms with van der Waals surface area (Å²) < 4.78 is 10.7. The molecule has 1 heterocycles. The van der Waals surface area contributed by atoms with E-state index in [9.17, 15) is 19.7 Å². The first-order valence-corrected chi connectivity index (χ1v) is 10.3. The number of nitro benzene ring substituents is 1. The fraction of sp³-hybridized carbons (Fsp3) is 0.409.